The molecule has 1 saturated heterocycles. The van der Waals surface area contributed by atoms with Crippen LogP contribution in [0.25, 0.3) is 0 Å². The number of hydrogen-bond acceptors (Lipinski definition) is 3. The van der Waals surface area contributed by atoms with Gasteiger partial charge in [0.2, 0.25) is 0 Å². The van der Waals surface area contributed by atoms with Crippen molar-refractivity contribution < 1.29 is 14.6 Å². The highest BCUT2D eigenvalue weighted by Gasteiger charge is 2.69. The first-order valence-corrected chi connectivity index (χ1v) is 9.91. The maximum Gasteiger partial charge on any atom is 0.129 e. The summed E-state index contributed by atoms with van der Waals surface area (Å²) in [6.07, 6.45) is 6.12. The minimum absolute atomic E-state index is 0.0222. The van der Waals surface area contributed by atoms with Crippen LogP contribution in [0, 0.1) is 29.6 Å². The average Bonchev–Trinajstić information content (AvgIpc) is 2.86. The lowest BCUT2D eigenvalue weighted by Crippen LogP contribution is -2.61. The number of hydrogen-bond donors (Lipinski definition) is 1. The molecule has 136 valence electrons. The Bertz CT molecular complexity index is 739. The molecule has 3 fully saturated rings. The first-order chi connectivity index (χ1) is 11.8. The van der Waals surface area contributed by atoms with Crippen molar-refractivity contribution in [1.82, 2.24) is 0 Å². The maximum absolute atomic E-state index is 10.7. The van der Waals surface area contributed by atoms with Crippen molar-refractivity contribution in [3.63, 3.8) is 0 Å². The molecule has 4 aliphatic rings. The first kappa shape index (κ1) is 16.0. The Kier molecular flexibility index (Phi) is 3.03. The van der Waals surface area contributed by atoms with E-state index in [0.29, 0.717) is 23.0 Å². The second-order valence-electron chi connectivity index (χ2n) is 9.99. The van der Waals surface area contributed by atoms with Crippen LogP contribution in [0.1, 0.15) is 70.1 Å². The van der Waals surface area contributed by atoms with Crippen LogP contribution in [0.5, 0.6) is 11.5 Å². The van der Waals surface area contributed by atoms with Gasteiger partial charge in [-0.2, -0.15) is 0 Å². The monoisotopic (exact) mass is 342 g/mol. The molecule has 5 rings (SSSR count). The molecule has 3 heteroatoms. The predicted molar refractivity (Wildman–Crippen MR) is 96.8 cm³/mol. The van der Waals surface area contributed by atoms with Gasteiger partial charge in [0.25, 0.3) is 0 Å². The lowest BCUT2D eigenvalue weighted by atomic mass is 9.44. The summed E-state index contributed by atoms with van der Waals surface area (Å²) in [6.45, 7) is 10.0. The Hall–Kier alpha value is -1.22. The van der Waals surface area contributed by atoms with E-state index in [1.807, 2.05) is 13.0 Å². The molecule has 4 unspecified atom stereocenters. The van der Waals surface area contributed by atoms with Crippen LogP contribution in [0.4, 0.5) is 0 Å². The molecule has 3 nitrogen and oxygen atoms in total. The number of fused-ring (bicyclic) bond motifs is 2. The molecule has 5 atom stereocenters. The number of rotatable bonds is 0. The fourth-order valence-electron chi connectivity index (χ4n) is 7.20. The molecule has 1 N–H and O–H groups in total. The SMILES string of the molecule is Cc1cc(O)c2c(c1)OC1(C)CCC3C(C)(C)CCCC34COC2[C@@H]14. The van der Waals surface area contributed by atoms with Crippen LogP contribution in [0.3, 0.4) is 0 Å². The summed E-state index contributed by atoms with van der Waals surface area (Å²) < 4.78 is 13.1. The molecule has 0 radical (unpaired) electrons. The van der Waals surface area contributed by atoms with Gasteiger partial charge in [-0.15, -0.1) is 0 Å². The Labute approximate surface area is 150 Å². The van der Waals surface area contributed by atoms with Gasteiger partial charge in [0.05, 0.1) is 18.3 Å². The lowest BCUT2D eigenvalue weighted by molar-refractivity contribution is -0.156. The molecule has 2 saturated carbocycles. The van der Waals surface area contributed by atoms with Crippen LogP contribution in [0.2, 0.25) is 0 Å². The molecular formula is C22H30O3. The third kappa shape index (κ3) is 1.91. The molecule has 25 heavy (non-hydrogen) atoms. The standard InChI is InChI=1S/C22H30O3/c1-13-10-14(23)17-15(11-13)25-21(4)9-6-16-20(2,3)7-5-8-22(16)12-24-18(17)19(21)22/h10-11,16,18-19,23H,5-9,12H2,1-4H3/t16?,18?,19-,21?,22?/m0/s1. The number of aromatic hydroxyl groups is 1. The highest BCUT2D eigenvalue weighted by atomic mass is 16.5. The second-order valence-corrected chi connectivity index (χ2v) is 9.99. The molecule has 2 aliphatic heterocycles. The highest BCUT2D eigenvalue weighted by molar-refractivity contribution is 5.51. The topological polar surface area (TPSA) is 38.7 Å². The third-order valence-corrected chi connectivity index (χ3v) is 8.03. The lowest BCUT2D eigenvalue weighted by Gasteiger charge is -2.61. The maximum atomic E-state index is 10.7. The van der Waals surface area contributed by atoms with Gasteiger partial charge < -0.3 is 14.6 Å². The van der Waals surface area contributed by atoms with Crippen molar-refractivity contribution in [3.05, 3.63) is 23.3 Å². The Morgan fingerprint density at radius 1 is 1.12 bits per heavy atom. The smallest absolute Gasteiger partial charge is 0.129 e. The summed E-state index contributed by atoms with van der Waals surface area (Å²) in [4.78, 5) is 0. The van der Waals surface area contributed by atoms with E-state index in [2.05, 4.69) is 26.8 Å². The van der Waals surface area contributed by atoms with Gasteiger partial charge >= 0.3 is 0 Å². The highest BCUT2D eigenvalue weighted by Crippen LogP contribution is 2.71. The number of phenolic OH excluding ortho intramolecular Hbond substituents is 1. The van der Waals surface area contributed by atoms with Gasteiger partial charge in [-0.3, -0.25) is 0 Å². The van der Waals surface area contributed by atoms with E-state index in [0.717, 1.165) is 29.9 Å². The first-order valence-electron chi connectivity index (χ1n) is 9.91. The zero-order valence-electron chi connectivity index (χ0n) is 15.9. The largest absolute Gasteiger partial charge is 0.507 e. The van der Waals surface area contributed by atoms with E-state index < -0.39 is 0 Å². The van der Waals surface area contributed by atoms with Gasteiger partial charge in [-0.05, 0) is 68.6 Å². The van der Waals surface area contributed by atoms with E-state index >= 15 is 0 Å². The van der Waals surface area contributed by atoms with E-state index in [4.69, 9.17) is 9.47 Å². The fourth-order valence-corrected chi connectivity index (χ4v) is 7.20. The molecule has 2 aliphatic carbocycles. The summed E-state index contributed by atoms with van der Waals surface area (Å²) >= 11 is 0. The normalized spacial score (nSPS) is 43.6. The Morgan fingerprint density at radius 3 is 2.72 bits per heavy atom. The molecule has 0 bridgehead atoms. The van der Waals surface area contributed by atoms with Crippen molar-refractivity contribution in [2.75, 3.05) is 6.61 Å². The fraction of sp³-hybridized carbons (Fsp3) is 0.727. The van der Waals surface area contributed by atoms with Crippen LogP contribution in [-0.4, -0.2) is 17.3 Å². The molecule has 2 heterocycles. The quantitative estimate of drug-likeness (QED) is 0.709. The van der Waals surface area contributed by atoms with Crippen molar-refractivity contribution in [1.29, 1.82) is 0 Å². The van der Waals surface area contributed by atoms with E-state index in [-0.39, 0.29) is 17.1 Å². The zero-order valence-corrected chi connectivity index (χ0v) is 15.9. The van der Waals surface area contributed by atoms with Gasteiger partial charge in [-0.1, -0.05) is 20.3 Å². The summed E-state index contributed by atoms with van der Waals surface area (Å²) in [5.41, 5.74) is 2.33. The van der Waals surface area contributed by atoms with E-state index in [1.54, 1.807) is 0 Å². The molecule has 0 aromatic heterocycles. The molecule has 1 spiro atoms. The van der Waals surface area contributed by atoms with Gasteiger partial charge in [-0.25, -0.2) is 0 Å². The number of benzene rings is 1. The average molecular weight is 342 g/mol. The van der Waals surface area contributed by atoms with Gasteiger partial charge in [0, 0.05) is 11.3 Å². The van der Waals surface area contributed by atoms with Crippen LogP contribution in [-0.2, 0) is 4.74 Å². The molecule has 1 aromatic rings. The second kappa shape index (κ2) is 4.73. The predicted octanol–water partition coefficient (Wildman–Crippen LogP) is 5.15. The van der Waals surface area contributed by atoms with Crippen molar-refractivity contribution in [2.24, 2.45) is 22.7 Å². The number of phenols is 1. The van der Waals surface area contributed by atoms with Crippen LogP contribution >= 0.6 is 0 Å². The summed E-state index contributed by atoms with van der Waals surface area (Å²) in [5, 5.41) is 10.7. The summed E-state index contributed by atoms with van der Waals surface area (Å²) in [5.74, 6) is 2.22. The van der Waals surface area contributed by atoms with Gasteiger partial charge in [0.1, 0.15) is 17.1 Å². The zero-order chi connectivity index (χ0) is 17.6. The minimum Gasteiger partial charge on any atom is -0.507 e. The van der Waals surface area contributed by atoms with Crippen molar-refractivity contribution >= 4 is 0 Å². The Balaban J connectivity index is 1.69. The number of ether oxygens (including phenoxy) is 2. The summed E-state index contributed by atoms with van der Waals surface area (Å²) in [6, 6.07) is 3.92. The van der Waals surface area contributed by atoms with Crippen molar-refractivity contribution in [3.8, 4) is 11.5 Å². The van der Waals surface area contributed by atoms with Crippen LogP contribution < -0.4 is 4.74 Å². The van der Waals surface area contributed by atoms with Crippen molar-refractivity contribution in [2.45, 2.75) is 71.5 Å². The minimum atomic E-state index is -0.182. The molecule has 0 amide bonds. The van der Waals surface area contributed by atoms with E-state index in [9.17, 15) is 5.11 Å². The molecular weight excluding hydrogens is 312 g/mol. The summed E-state index contributed by atoms with van der Waals surface area (Å²) in [7, 11) is 0. The molecule has 1 aromatic carbocycles. The van der Waals surface area contributed by atoms with Crippen LogP contribution in [0.15, 0.2) is 12.1 Å². The third-order valence-electron chi connectivity index (χ3n) is 8.03. The Morgan fingerprint density at radius 2 is 1.92 bits per heavy atom. The van der Waals surface area contributed by atoms with E-state index in [1.165, 1.54) is 25.7 Å². The number of aryl methyl sites for hydroxylation is 1. The van der Waals surface area contributed by atoms with Gasteiger partial charge in [0.15, 0.2) is 0 Å².